The second-order valence-electron chi connectivity index (χ2n) is 7.77. The number of nitrogens with zero attached hydrogens (tertiary/aromatic N) is 2. The van der Waals surface area contributed by atoms with Crippen molar-refractivity contribution in [3.05, 3.63) is 73.3 Å². The average molecular weight is 485 g/mol. The van der Waals surface area contributed by atoms with Gasteiger partial charge in [-0.1, -0.05) is 12.2 Å². The number of benzene rings is 2. The molecule has 1 fully saturated rings. The van der Waals surface area contributed by atoms with Crippen molar-refractivity contribution in [3.8, 4) is 5.75 Å². The highest BCUT2D eigenvalue weighted by Crippen LogP contribution is 2.31. The topological polar surface area (TPSA) is 91.0 Å². The SMILES string of the molecule is C=CCN(CC=C)C(=O)c1ccc(N2CCNCC2)c(NS(=O)(=O)c2ccc(OCC)cc2)c1. The minimum absolute atomic E-state index is 0.110. The smallest absolute Gasteiger partial charge is 0.261 e. The highest BCUT2D eigenvalue weighted by Gasteiger charge is 2.22. The Hall–Kier alpha value is -3.30. The third-order valence-corrected chi connectivity index (χ3v) is 6.76. The van der Waals surface area contributed by atoms with Crippen LogP contribution in [-0.2, 0) is 10.0 Å². The van der Waals surface area contributed by atoms with Gasteiger partial charge in [-0.05, 0) is 49.4 Å². The molecule has 0 bridgehead atoms. The molecule has 1 aliphatic heterocycles. The zero-order valence-electron chi connectivity index (χ0n) is 19.5. The molecule has 182 valence electrons. The summed E-state index contributed by atoms with van der Waals surface area (Å²) in [6.45, 7) is 13.5. The van der Waals surface area contributed by atoms with Crippen molar-refractivity contribution in [1.82, 2.24) is 10.2 Å². The third kappa shape index (κ3) is 6.18. The second kappa shape index (κ2) is 11.7. The van der Waals surface area contributed by atoms with Gasteiger partial charge in [0.15, 0.2) is 0 Å². The van der Waals surface area contributed by atoms with E-state index in [1.54, 1.807) is 47.4 Å². The maximum Gasteiger partial charge on any atom is 0.261 e. The summed E-state index contributed by atoms with van der Waals surface area (Å²) in [5, 5.41) is 3.29. The molecule has 1 aliphatic rings. The predicted octanol–water partition coefficient (Wildman–Crippen LogP) is 3.11. The molecule has 2 aromatic rings. The lowest BCUT2D eigenvalue weighted by Gasteiger charge is -2.31. The first kappa shape index (κ1) is 25.3. The van der Waals surface area contributed by atoms with Gasteiger partial charge in [-0.3, -0.25) is 9.52 Å². The van der Waals surface area contributed by atoms with Gasteiger partial charge in [-0.15, -0.1) is 13.2 Å². The van der Waals surface area contributed by atoms with Gasteiger partial charge in [0.1, 0.15) is 5.75 Å². The van der Waals surface area contributed by atoms with E-state index in [0.29, 0.717) is 36.7 Å². The largest absolute Gasteiger partial charge is 0.494 e. The van der Waals surface area contributed by atoms with Gasteiger partial charge in [0.25, 0.3) is 15.9 Å². The molecule has 1 amide bonds. The Bertz CT molecular complexity index is 1100. The summed E-state index contributed by atoms with van der Waals surface area (Å²) in [6.07, 6.45) is 3.29. The van der Waals surface area contributed by atoms with Crippen LogP contribution < -0.4 is 19.7 Å². The number of nitrogens with one attached hydrogen (secondary N) is 2. The minimum Gasteiger partial charge on any atom is -0.494 e. The molecule has 3 rings (SSSR count). The van der Waals surface area contributed by atoms with Crippen molar-refractivity contribution < 1.29 is 17.9 Å². The highest BCUT2D eigenvalue weighted by atomic mass is 32.2. The number of ether oxygens (including phenoxy) is 1. The van der Waals surface area contributed by atoms with E-state index >= 15 is 0 Å². The molecule has 0 unspecified atom stereocenters. The fourth-order valence-electron chi connectivity index (χ4n) is 3.75. The Morgan fingerprint density at radius 3 is 2.35 bits per heavy atom. The Morgan fingerprint density at radius 1 is 1.12 bits per heavy atom. The van der Waals surface area contributed by atoms with E-state index in [4.69, 9.17) is 4.74 Å². The summed E-state index contributed by atoms with van der Waals surface area (Å²) in [7, 11) is -3.89. The van der Waals surface area contributed by atoms with Crippen molar-refractivity contribution in [2.75, 3.05) is 55.5 Å². The molecule has 0 saturated carbocycles. The van der Waals surface area contributed by atoms with Crippen molar-refractivity contribution in [2.24, 2.45) is 0 Å². The van der Waals surface area contributed by atoms with E-state index in [-0.39, 0.29) is 10.8 Å². The van der Waals surface area contributed by atoms with Crippen LogP contribution in [0.25, 0.3) is 0 Å². The molecule has 34 heavy (non-hydrogen) atoms. The number of anilines is 2. The van der Waals surface area contributed by atoms with E-state index in [1.165, 1.54) is 12.1 Å². The van der Waals surface area contributed by atoms with Gasteiger partial charge in [-0.25, -0.2) is 8.42 Å². The lowest BCUT2D eigenvalue weighted by Crippen LogP contribution is -2.43. The highest BCUT2D eigenvalue weighted by molar-refractivity contribution is 7.92. The number of carbonyl (C=O) groups is 1. The maximum absolute atomic E-state index is 13.2. The molecule has 8 nitrogen and oxygen atoms in total. The number of rotatable bonds is 11. The first-order valence-electron chi connectivity index (χ1n) is 11.3. The van der Waals surface area contributed by atoms with Crippen LogP contribution in [0.4, 0.5) is 11.4 Å². The van der Waals surface area contributed by atoms with Gasteiger partial charge in [0.2, 0.25) is 0 Å². The number of sulfonamides is 1. The summed E-state index contributed by atoms with van der Waals surface area (Å²) in [6, 6.07) is 11.4. The Labute approximate surface area is 202 Å². The predicted molar refractivity (Wildman–Crippen MR) is 136 cm³/mol. The van der Waals surface area contributed by atoms with E-state index in [2.05, 4.69) is 28.1 Å². The van der Waals surface area contributed by atoms with Crippen LogP contribution in [0.2, 0.25) is 0 Å². The average Bonchev–Trinajstić information content (AvgIpc) is 2.84. The Kier molecular flexibility index (Phi) is 8.72. The standard InChI is InChI=1S/C25H32N4O4S/c1-4-15-29(16-5-2)25(30)20-7-12-24(28-17-13-26-14-18-28)23(19-20)27-34(31,32)22-10-8-21(9-11-22)33-6-3/h4-5,7-12,19,26-27H,1-2,6,13-18H2,3H3. The molecule has 0 atom stereocenters. The first-order valence-corrected chi connectivity index (χ1v) is 12.7. The molecule has 2 N–H and O–H groups in total. The quantitative estimate of drug-likeness (QED) is 0.477. The molecule has 0 spiro atoms. The fourth-order valence-corrected chi connectivity index (χ4v) is 4.82. The monoisotopic (exact) mass is 484 g/mol. The summed E-state index contributed by atoms with van der Waals surface area (Å²) < 4.78 is 34.6. The Morgan fingerprint density at radius 2 is 1.76 bits per heavy atom. The van der Waals surface area contributed by atoms with Crippen molar-refractivity contribution in [1.29, 1.82) is 0 Å². The summed E-state index contributed by atoms with van der Waals surface area (Å²) >= 11 is 0. The van der Waals surface area contributed by atoms with E-state index in [9.17, 15) is 13.2 Å². The van der Waals surface area contributed by atoms with E-state index in [0.717, 1.165) is 31.9 Å². The van der Waals surface area contributed by atoms with Crippen LogP contribution in [-0.4, -0.2) is 65.1 Å². The molecular weight excluding hydrogens is 452 g/mol. The van der Waals surface area contributed by atoms with Gasteiger partial charge in [0, 0.05) is 44.8 Å². The van der Waals surface area contributed by atoms with Crippen LogP contribution >= 0.6 is 0 Å². The molecular formula is C25H32N4O4S. The number of carbonyl (C=O) groups excluding carboxylic acids is 1. The van der Waals surface area contributed by atoms with Crippen molar-refractivity contribution in [3.63, 3.8) is 0 Å². The summed E-state index contributed by atoms with van der Waals surface area (Å²) in [5.41, 5.74) is 1.47. The molecule has 0 aromatic heterocycles. The first-order chi connectivity index (χ1) is 16.4. The number of hydrogen-bond donors (Lipinski definition) is 2. The summed E-state index contributed by atoms with van der Waals surface area (Å²) in [4.78, 5) is 16.9. The van der Waals surface area contributed by atoms with Crippen LogP contribution in [0.3, 0.4) is 0 Å². The van der Waals surface area contributed by atoms with Gasteiger partial charge >= 0.3 is 0 Å². The van der Waals surface area contributed by atoms with Gasteiger partial charge in [0.05, 0.1) is 22.9 Å². The van der Waals surface area contributed by atoms with Crippen molar-refractivity contribution in [2.45, 2.75) is 11.8 Å². The van der Waals surface area contributed by atoms with Crippen molar-refractivity contribution >= 4 is 27.3 Å². The van der Waals surface area contributed by atoms with E-state index in [1.807, 2.05) is 6.92 Å². The zero-order chi connectivity index (χ0) is 24.6. The number of amides is 1. The maximum atomic E-state index is 13.2. The molecule has 9 heteroatoms. The molecule has 2 aromatic carbocycles. The van der Waals surface area contributed by atoms with Crippen LogP contribution in [0.15, 0.2) is 72.7 Å². The lowest BCUT2D eigenvalue weighted by atomic mass is 10.1. The van der Waals surface area contributed by atoms with E-state index < -0.39 is 10.0 Å². The second-order valence-corrected chi connectivity index (χ2v) is 9.45. The number of hydrogen-bond acceptors (Lipinski definition) is 6. The van der Waals surface area contributed by atoms with Crippen LogP contribution in [0.5, 0.6) is 5.75 Å². The van der Waals surface area contributed by atoms with Crippen LogP contribution in [0.1, 0.15) is 17.3 Å². The normalized spacial score (nSPS) is 13.7. The molecule has 0 aliphatic carbocycles. The molecule has 1 heterocycles. The molecule has 0 radical (unpaired) electrons. The van der Waals surface area contributed by atoms with Crippen LogP contribution in [0, 0.1) is 0 Å². The third-order valence-electron chi connectivity index (χ3n) is 5.38. The summed E-state index contributed by atoms with van der Waals surface area (Å²) in [5.74, 6) is 0.369. The van der Waals surface area contributed by atoms with Gasteiger partial charge < -0.3 is 19.9 Å². The number of piperazine rings is 1. The zero-order valence-corrected chi connectivity index (χ0v) is 20.3. The lowest BCUT2D eigenvalue weighted by molar-refractivity contribution is 0.0791. The molecule has 1 saturated heterocycles. The minimum atomic E-state index is -3.89. The fraction of sp³-hybridized carbons (Fsp3) is 0.320. The Balaban J connectivity index is 1.97. The van der Waals surface area contributed by atoms with Gasteiger partial charge in [-0.2, -0.15) is 0 Å².